The largest absolute Gasteiger partial charge is 0.379 e. The molecule has 1 fully saturated rings. The number of hydrogen-bond donors (Lipinski definition) is 2. The first-order chi connectivity index (χ1) is 10.1. The summed E-state index contributed by atoms with van der Waals surface area (Å²) >= 11 is 0. The van der Waals surface area contributed by atoms with Crippen LogP contribution >= 0.6 is 0 Å². The number of hydrogen-bond acceptors (Lipinski definition) is 5. The van der Waals surface area contributed by atoms with Gasteiger partial charge < -0.3 is 15.2 Å². The van der Waals surface area contributed by atoms with Crippen LogP contribution in [-0.4, -0.2) is 44.8 Å². The molecule has 3 N–H and O–H groups in total. The van der Waals surface area contributed by atoms with Crippen molar-refractivity contribution in [3.8, 4) is 0 Å². The van der Waals surface area contributed by atoms with Crippen LogP contribution in [0.2, 0.25) is 0 Å². The summed E-state index contributed by atoms with van der Waals surface area (Å²) < 4.78 is 10.7. The van der Waals surface area contributed by atoms with E-state index in [1.165, 1.54) is 0 Å². The van der Waals surface area contributed by atoms with E-state index in [1.807, 2.05) is 13.8 Å². The zero-order valence-electron chi connectivity index (χ0n) is 13.1. The summed E-state index contributed by atoms with van der Waals surface area (Å²) in [6.45, 7) is 6.86. The normalized spacial score (nSPS) is 22.7. The van der Waals surface area contributed by atoms with Gasteiger partial charge in [0, 0.05) is 25.5 Å². The third-order valence-electron chi connectivity index (χ3n) is 3.74. The number of ether oxygens (including phenoxy) is 2. The molecule has 0 radical (unpaired) electrons. The highest BCUT2D eigenvalue weighted by Gasteiger charge is 2.37. The van der Waals surface area contributed by atoms with Crippen molar-refractivity contribution in [3.63, 3.8) is 0 Å². The van der Waals surface area contributed by atoms with E-state index in [4.69, 9.17) is 15.2 Å². The summed E-state index contributed by atoms with van der Waals surface area (Å²) in [4.78, 5) is 23.4. The molecule has 122 valence electrons. The molecule has 1 aliphatic rings. The first-order valence-electron chi connectivity index (χ1n) is 7.75. The average Bonchev–Trinajstić information content (AvgIpc) is 2.40. The number of amides is 2. The van der Waals surface area contributed by atoms with Gasteiger partial charge in [0.1, 0.15) is 0 Å². The molecular weight excluding hydrogens is 272 g/mol. The molecule has 0 saturated carbocycles. The Morgan fingerprint density at radius 3 is 2.48 bits per heavy atom. The fourth-order valence-electron chi connectivity index (χ4n) is 2.83. The van der Waals surface area contributed by atoms with Gasteiger partial charge in [0.05, 0.1) is 19.8 Å². The molecule has 0 aliphatic carbocycles. The first-order valence-corrected chi connectivity index (χ1v) is 7.75. The van der Waals surface area contributed by atoms with Gasteiger partial charge in [-0.15, -0.1) is 0 Å². The first kappa shape index (κ1) is 18.1. The Balaban J connectivity index is 2.22. The van der Waals surface area contributed by atoms with Crippen LogP contribution in [-0.2, 0) is 19.1 Å². The summed E-state index contributed by atoms with van der Waals surface area (Å²) in [7, 11) is 0. The number of nitrogens with two attached hydrogens (primary N) is 1. The van der Waals surface area contributed by atoms with Gasteiger partial charge in [0.25, 0.3) is 0 Å². The highest BCUT2D eigenvalue weighted by molar-refractivity contribution is 5.99. The van der Waals surface area contributed by atoms with Crippen LogP contribution in [0.25, 0.3) is 0 Å². The number of nitrogens with one attached hydrogen (secondary N) is 1. The smallest absolute Gasteiger partial charge is 0.230 e. The lowest BCUT2D eigenvalue weighted by atomic mass is 9.76. The van der Waals surface area contributed by atoms with Gasteiger partial charge in [0.15, 0.2) is 0 Å². The number of piperidine rings is 1. The quantitative estimate of drug-likeness (QED) is 0.458. The average molecular weight is 300 g/mol. The molecule has 21 heavy (non-hydrogen) atoms. The van der Waals surface area contributed by atoms with Crippen molar-refractivity contribution in [2.45, 2.75) is 33.1 Å². The highest BCUT2D eigenvalue weighted by atomic mass is 16.5. The van der Waals surface area contributed by atoms with Crippen LogP contribution in [0.4, 0.5) is 0 Å². The molecule has 0 bridgehead atoms. The van der Waals surface area contributed by atoms with Gasteiger partial charge in [-0.1, -0.05) is 13.8 Å². The van der Waals surface area contributed by atoms with Crippen LogP contribution in [0.15, 0.2) is 0 Å². The van der Waals surface area contributed by atoms with Crippen molar-refractivity contribution >= 4 is 11.8 Å². The van der Waals surface area contributed by atoms with E-state index in [0.29, 0.717) is 39.4 Å². The SMILES string of the molecule is CC(C)C1C(=O)NC(=O)CC1CCCOCCOCCN. The van der Waals surface area contributed by atoms with E-state index in [0.717, 1.165) is 12.8 Å². The second kappa shape index (κ2) is 9.87. The van der Waals surface area contributed by atoms with Gasteiger partial charge >= 0.3 is 0 Å². The molecule has 2 atom stereocenters. The van der Waals surface area contributed by atoms with Gasteiger partial charge in [-0.05, 0) is 24.7 Å². The van der Waals surface area contributed by atoms with E-state index in [-0.39, 0.29) is 29.6 Å². The lowest BCUT2D eigenvalue weighted by molar-refractivity contribution is -0.140. The molecule has 1 heterocycles. The van der Waals surface area contributed by atoms with Crippen LogP contribution < -0.4 is 11.1 Å². The molecule has 6 heteroatoms. The lowest BCUT2D eigenvalue weighted by Gasteiger charge is -2.32. The second-order valence-electron chi connectivity index (χ2n) is 5.80. The minimum Gasteiger partial charge on any atom is -0.379 e. The highest BCUT2D eigenvalue weighted by Crippen LogP contribution is 2.30. The molecule has 1 aliphatic heterocycles. The van der Waals surface area contributed by atoms with E-state index >= 15 is 0 Å². The van der Waals surface area contributed by atoms with Gasteiger partial charge in [-0.25, -0.2) is 0 Å². The molecule has 6 nitrogen and oxygen atoms in total. The summed E-state index contributed by atoms with van der Waals surface area (Å²) in [6.07, 6.45) is 2.13. The monoisotopic (exact) mass is 300 g/mol. The van der Waals surface area contributed by atoms with Crippen molar-refractivity contribution in [1.82, 2.24) is 5.32 Å². The molecule has 1 saturated heterocycles. The summed E-state index contributed by atoms with van der Waals surface area (Å²) in [5.41, 5.74) is 5.31. The van der Waals surface area contributed by atoms with Crippen LogP contribution in [0.3, 0.4) is 0 Å². The van der Waals surface area contributed by atoms with Crippen LogP contribution in [0.1, 0.15) is 33.1 Å². The maximum absolute atomic E-state index is 11.9. The Labute approximate surface area is 126 Å². The molecule has 0 aromatic carbocycles. The minimum absolute atomic E-state index is 0.0735. The molecule has 2 unspecified atom stereocenters. The fourth-order valence-corrected chi connectivity index (χ4v) is 2.83. The number of carbonyl (C=O) groups is 2. The summed E-state index contributed by atoms with van der Waals surface area (Å²) in [6, 6.07) is 0. The van der Waals surface area contributed by atoms with Crippen LogP contribution in [0.5, 0.6) is 0 Å². The fraction of sp³-hybridized carbons (Fsp3) is 0.867. The van der Waals surface area contributed by atoms with Crippen molar-refractivity contribution < 1.29 is 19.1 Å². The molecule has 1 rings (SSSR count). The maximum atomic E-state index is 11.9. The maximum Gasteiger partial charge on any atom is 0.230 e. The third-order valence-corrected chi connectivity index (χ3v) is 3.74. The second-order valence-corrected chi connectivity index (χ2v) is 5.80. The van der Waals surface area contributed by atoms with Gasteiger partial charge in [-0.3, -0.25) is 14.9 Å². The number of rotatable bonds is 10. The Kier molecular flexibility index (Phi) is 8.49. The molecule has 0 aromatic rings. The molecule has 0 spiro atoms. The van der Waals surface area contributed by atoms with Crippen molar-refractivity contribution in [1.29, 1.82) is 0 Å². The van der Waals surface area contributed by atoms with E-state index in [9.17, 15) is 9.59 Å². The minimum atomic E-state index is -0.155. The Bertz CT molecular complexity index is 334. The van der Waals surface area contributed by atoms with Crippen molar-refractivity contribution in [2.75, 3.05) is 33.0 Å². The molecule has 2 amide bonds. The van der Waals surface area contributed by atoms with Gasteiger partial charge in [0.2, 0.25) is 11.8 Å². The van der Waals surface area contributed by atoms with E-state index in [1.54, 1.807) is 0 Å². The topological polar surface area (TPSA) is 90.7 Å². The van der Waals surface area contributed by atoms with Crippen molar-refractivity contribution in [3.05, 3.63) is 0 Å². The van der Waals surface area contributed by atoms with E-state index < -0.39 is 0 Å². The molecule has 0 aromatic heterocycles. The Hall–Kier alpha value is -0.980. The number of carbonyl (C=O) groups excluding carboxylic acids is 2. The Morgan fingerprint density at radius 2 is 1.86 bits per heavy atom. The van der Waals surface area contributed by atoms with Crippen LogP contribution in [0, 0.1) is 17.8 Å². The lowest BCUT2D eigenvalue weighted by Crippen LogP contribution is -2.47. The predicted molar refractivity (Wildman–Crippen MR) is 79.5 cm³/mol. The predicted octanol–water partition coefficient (Wildman–Crippen LogP) is 0.693. The molecular formula is C15H28N2O4. The Morgan fingerprint density at radius 1 is 1.19 bits per heavy atom. The zero-order chi connectivity index (χ0) is 15.7. The number of imide groups is 1. The van der Waals surface area contributed by atoms with Gasteiger partial charge in [-0.2, -0.15) is 0 Å². The summed E-state index contributed by atoms with van der Waals surface area (Å²) in [5.74, 6) is 0.0213. The third kappa shape index (κ3) is 6.54. The summed E-state index contributed by atoms with van der Waals surface area (Å²) in [5, 5.41) is 2.44. The van der Waals surface area contributed by atoms with E-state index in [2.05, 4.69) is 5.32 Å². The van der Waals surface area contributed by atoms with Crippen molar-refractivity contribution in [2.24, 2.45) is 23.5 Å². The zero-order valence-corrected chi connectivity index (χ0v) is 13.1. The standard InChI is InChI=1S/C15H28N2O4/c1-11(2)14-12(10-13(18)17-15(14)19)4-3-6-20-8-9-21-7-5-16/h11-12,14H,3-10,16H2,1-2H3,(H,17,18,19).